The number of piperidine rings is 1. The molecule has 1 saturated heterocycles. The first-order valence-corrected chi connectivity index (χ1v) is 7.76. The molecule has 0 aliphatic carbocycles. The number of carboxylic acids is 1. The topological polar surface area (TPSA) is 66.8 Å². The second-order valence-electron chi connectivity index (χ2n) is 5.90. The number of carbonyl (C=O) groups excluding carboxylic acids is 1. The van der Waals surface area contributed by atoms with Crippen LogP contribution in [0.2, 0.25) is 0 Å². The Bertz CT molecular complexity index is 513. The molecule has 1 fully saturated rings. The number of carbonyl (C=O) groups is 2. The lowest BCUT2D eigenvalue weighted by molar-refractivity contribution is -0.152. The lowest BCUT2D eigenvalue weighted by Crippen LogP contribution is -2.50. The number of amides is 1. The molecule has 5 heteroatoms. The van der Waals surface area contributed by atoms with E-state index >= 15 is 0 Å². The van der Waals surface area contributed by atoms with Crippen molar-refractivity contribution in [3.63, 3.8) is 0 Å². The molecule has 1 aliphatic heterocycles. The molecule has 1 heterocycles. The van der Waals surface area contributed by atoms with Gasteiger partial charge < -0.3 is 14.7 Å². The summed E-state index contributed by atoms with van der Waals surface area (Å²) in [5.74, 6) is -0.810. The van der Waals surface area contributed by atoms with Gasteiger partial charge in [-0.2, -0.15) is 0 Å². The first-order chi connectivity index (χ1) is 10.6. The molecule has 0 saturated carbocycles. The number of hydrogen-bond donors (Lipinski definition) is 1. The molecule has 1 unspecified atom stereocenters. The summed E-state index contributed by atoms with van der Waals surface area (Å²) in [6.45, 7) is 2.98. The third-order valence-corrected chi connectivity index (χ3v) is 4.22. The van der Waals surface area contributed by atoms with Crippen LogP contribution in [0.1, 0.15) is 38.2 Å². The van der Waals surface area contributed by atoms with Gasteiger partial charge in [0, 0.05) is 13.1 Å². The highest BCUT2D eigenvalue weighted by molar-refractivity contribution is 5.77. The summed E-state index contributed by atoms with van der Waals surface area (Å²) >= 11 is 0. The molecular formula is C17H23NO4. The second-order valence-corrected chi connectivity index (χ2v) is 5.90. The molecule has 1 N–H and O–H groups in total. The van der Waals surface area contributed by atoms with Gasteiger partial charge in [0.15, 0.2) is 0 Å². The average Bonchev–Trinajstić information content (AvgIpc) is 2.54. The quantitative estimate of drug-likeness (QED) is 0.906. The van der Waals surface area contributed by atoms with Crippen molar-refractivity contribution >= 4 is 12.1 Å². The Kier molecular flexibility index (Phi) is 5.41. The van der Waals surface area contributed by atoms with E-state index in [0.717, 1.165) is 12.0 Å². The molecule has 0 bridgehead atoms. The van der Waals surface area contributed by atoms with E-state index in [9.17, 15) is 14.7 Å². The van der Waals surface area contributed by atoms with Crippen molar-refractivity contribution < 1.29 is 19.4 Å². The first kappa shape index (κ1) is 16.3. The fourth-order valence-electron chi connectivity index (χ4n) is 3.06. The second kappa shape index (κ2) is 7.29. The average molecular weight is 305 g/mol. The van der Waals surface area contributed by atoms with Gasteiger partial charge in [0.2, 0.25) is 0 Å². The Hall–Kier alpha value is -2.04. The van der Waals surface area contributed by atoms with Crippen molar-refractivity contribution in [2.75, 3.05) is 13.1 Å². The van der Waals surface area contributed by atoms with Crippen molar-refractivity contribution in [3.05, 3.63) is 35.9 Å². The summed E-state index contributed by atoms with van der Waals surface area (Å²) in [4.78, 5) is 25.4. The Morgan fingerprint density at radius 1 is 1.32 bits per heavy atom. The van der Waals surface area contributed by atoms with Crippen LogP contribution in [0.15, 0.2) is 30.3 Å². The van der Waals surface area contributed by atoms with Crippen molar-refractivity contribution in [1.82, 2.24) is 4.90 Å². The van der Waals surface area contributed by atoms with Crippen molar-refractivity contribution in [2.45, 2.75) is 39.2 Å². The Morgan fingerprint density at radius 2 is 2.05 bits per heavy atom. The number of benzene rings is 1. The summed E-state index contributed by atoms with van der Waals surface area (Å²) in [6, 6.07) is 9.47. The lowest BCUT2D eigenvalue weighted by atomic mass is 9.76. The van der Waals surface area contributed by atoms with Crippen LogP contribution in [0.3, 0.4) is 0 Å². The van der Waals surface area contributed by atoms with Gasteiger partial charge in [0.1, 0.15) is 6.61 Å². The number of nitrogens with zero attached hydrogens (tertiary/aromatic N) is 1. The number of carboxylic acid groups (broad SMARTS) is 1. The van der Waals surface area contributed by atoms with E-state index in [4.69, 9.17) is 4.74 Å². The van der Waals surface area contributed by atoms with Gasteiger partial charge in [-0.1, -0.05) is 43.7 Å². The summed E-state index contributed by atoms with van der Waals surface area (Å²) < 4.78 is 5.31. The largest absolute Gasteiger partial charge is 0.481 e. The van der Waals surface area contributed by atoms with Crippen LogP contribution >= 0.6 is 0 Å². The van der Waals surface area contributed by atoms with Crippen molar-refractivity contribution in [2.24, 2.45) is 5.41 Å². The Labute approximate surface area is 130 Å². The summed E-state index contributed by atoms with van der Waals surface area (Å²) in [5.41, 5.74) is 0.101. The molecule has 120 valence electrons. The van der Waals surface area contributed by atoms with Crippen LogP contribution < -0.4 is 0 Å². The molecule has 0 radical (unpaired) electrons. The molecular weight excluding hydrogens is 282 g/mol. The van der Waals surface area contributed by atoms with E-state index in [-0.39, 0.29) is 13.2 Å². The van der Waals surface area contributed by atoms with Gasteiger partial charge in [-0.3, -0.25) is 4.79 Å². The van der Waals surface area contributed by atoms with Crippen LogP contribution in [-0.2, 0) is 16.1 Å². The highest BCUT2D eigenvalue weighted by Gasteiger charge is 2.43. The van der Waals surface area contributed by atoms with Crippen molar-refractivity contribution in [3.8, 4) is 0 Å². The van der Waals surface area contributed by atoms with Crippen LogP contribution in [0, 0.1) is 5.41 Å². The zero-order valence-electron chi connectivity index (χ0n) is 13.0. The molecule has 22 heavy (non-hydrogen) atoms. The fraction of sp³-hybridized carbons (Fsp3) is 0.529. The van der Waals surface area contributed by atoms with Gasteiger partial charge in [-0.25, -0.2) is 4.79 Å². The molecule has 2 rings (SSSR count). The zero-order valence-corrected chi connectivity index (χ0v) is 13.0. The van der Waals surface area contributed by atoms with E-state index in [1.807, 2.05) is 37.3 Å². The van der Waals surface area contributed by atoms with Gasteiger partial charge in [-0.15, -0.1) is 0 Å². The SMILES string of the molecule is CCCC1(C(=O)O)CCCN(C(=O)OCc2ccccc2)C1. The van der Waals surface area contributed by atoms with Gasteiger partial charge in [0.25, 0.3) is 0 Å². The summed E-state index contributed by atoms with van der Waals surface area (Å²) in [6.07, 6.45) is 2.28. The third-order valence-electron chi connectivity index (χ3n) is 4.22. The van der Waals surface area contributed by atoms with Crippen LogP contribution in [0.25, 0.3) is 0 Å². The molecule has 1 aliphatic rings. The zero-order chi connectivity index (χ0) is 16.0. The maximum Gasteiger partial charge on any atom is 0.410 e. The molecule has 1 aromatic carbocycles. The van der Waals surface area contributed by atoms with Crippen molar-refractivity contribution in [1.29, 1.82) is 0 Å². The number of likely N-dealkylation sites (tertiary alicyclic amines) is 1. The van der Waals surface area contributed by atoms with Crippen LogP contribution in [0.5, 0.6) is 0 Å². The highest BCUT2D eigenvalue weighted by atomic mass is 16.6. The van der Waals surface area contributed by atoms with Crippen LogP contribution in [0.4, 0.5) is 4.79 Å². The molecule has 5 nitrogen and oxygen atoms in total. The molecule has 1 atom stereocenters. The first-order valence-electron chi connectivity index (χ1n) is 7.76. The predicted molar refractivity (Wildman–Crippen MR) is 82.4 cm³/mol. The molecule has 1 amide bonds. The summed E-state index contributed by atoms with van der Waals surface area (Å²) in [7, 11) is 0. The minimum Gasteiger partial charge on any atom is -0.481 e. The fourth-order valence-corrected chi connectivity index (χ4v) is 3.06. The van der Waals surface area contributed by atoms with Gasteiger partial charge in [0.05, 0.1) is 5.41 Å². The number of ether oxygens (including phenoxy) is 1. The van der Waals surface area contributed by atoms with E-state index in [0.29, 0.717) is 25.8 Å². The minimum absolute atomic E-state index is 0.212. The maximum absolute atomic E-state index is 12.2. The molecule has 1 aromatic rings. The van der Waals surface area contributed by atoms with E-state index in [1.54, 1.807) is 0 Å². The minimum atomic E-state index is -0.821. The summed E-state index contributed by atoms with van der Waals surface area (Å²) in [5, 5.41) is 9.55. The van der Waals surface area contributed by atoms with E-state index in [1.165, 1.54) is 4.90 Å². The standard InChI is InChI=1S/C17H23NO4/c1-2-9-17(15(19)20)10-6-11-18(13-17)16(21)22-12-14-7-4-3-5-8-14/h3-5,7-8H,2,6,9-13H2,1H3,(H,19,20). The van der Waals surface area contributed by atoms with Crippen LogP contribution in [-0.4, -0.2) is 35.2 Å². The Balaban J connectivity index is 1.96. The number of aliphatic carboxylic acids is 1. The van der Waals surface area contributed by atoms with E-state index < -0.39 is 17.5 Å². The van der Waals surface area contributed by atoms with Gasteiger partial charge >= 0.3 is 12.1 Å². The van der Waals surface area contributed by atoms with Gasteiger partial charge in [-0.05, 0) is 24.8 Å². The smallest absolute Gasteiger partial charge is 0.410 e. The number of hydrogen-bond acceptors (Lipinski definition) is 3. The third kappa shape index (κ3) is 3.78. The molecule has 0 aromatic heterocycles. The normalized spacial score (nSPS) is 21.4. The lowest BCUT2D eigenvalue weighted by Gasteiger charge is -2.39. The highest BCUT2D eigenvalue weighted by Crippen LogP contribution is 2.35. The maximum atomic E-state index is 12.2. The monoisotopic (exact) mass is 305 g/mol. The predicted octanol–water partition coefficient (Wildman–Crippen LogP) is 3.29. The van der Waals surface area contributed by atoms with E-state index in [2.05, 4.69) is 0 Å². The number of rotatable bonds is 5. The Morgan fingerprint density at radius 3 is 2.68 bits per heavy atom. The molecule has 0 spiro atoms.